The van der Waals surface area contributed by atoms with Gasteiger partial charge in [-0.15, -0.1) is 0 Å². The largest absolute Gasteiger partial charge is 0.379 e. The highest BCUT2D eigenvalue weighted by Crippen LogP contribution is 2.18. The highest BCUT2D eigenvalue weighted by Gasteiger charge is 2.24. The summed E-state index contributed by atoms with van der Waals surface area (Å²) in [6, 6.07) is 13.3. The molecule has 1 aromatic carbocycles. The number of nitrogens with one attached hydrogen (secondary N) is 2. The van der Waals surface area contributed by atoms with Crippen LogP contribution >= 0.6 is 0 Å². The first-order chi connectivity index (χ1) is 12.1. The number of amides is 2. The summed E-state index contributed by atoms with van der Waals surface area (Å²) < 4.78 is 0. The number of likely N-dealkylation sites (N-methyl/N-ethyl adjacent to an activating group) is 1. The highest BCUT2D eigenvalue weighted by atomic mass is 16.2. The molecule has 0 spiro atoms. The first-order valence-electron chi connectivity index (χ1n) is 8.40. The number of benzene rings is 1. The Bertz CT molecular complexity index is 744. The van der Waals surface area contributed by atoms with E-state index in [-0.39, 0.29) is 18.4 Å². The van der Waals surface area contributed by atoms with Crippen molar-refractivity contribution in [3.8, 4) is 0 Å². The van der Waals surface area contributed by atoms with Crippen LogP contribution in [0.1, 0.15) is 28.9 Å². The maximum Gasteiger partial charge on any atom is 0.254 e. The normalized spacial score (nSPS) is 13.2. The fraction of sp³-hybridized carbons (Fsp3) is 0.316. The van der Waals surface area contributed by atoms with E-state index in [9.17, 15) is 9.59 Å². The van der Waals surface area contributed by atoms with Crippen LogP contribution in [-0.4, -0.2) is 41.3 Å². The maximum absolute atomic E-state index is 12.5. The van der Waals surface area contributed by atoms with Gasteiger partial charge in [0.15, 0.2) is 0 Å². The molecule has 2 amide bonds. The van der Waals surface area contributed by atoms with Crippen molar-refractivity contribution in [3.05, 3.63) is 59.9 Å². The fourth-order valence-electron chi connectivity index (χ4n) is 2.47. The Balaban J connectivity index is 1.57. The Kier molecular flexibility index (Phi) is 5.28. The summed E-state index contributed by atoms with van der Waals surface area (Å²) in [6.45, 7) is 0.652. The minimum absolute atomic E-state index is 0.0704. The Morgan fingerprint density at radius 3 is 2.76 bits per heavy atom. The molecule has 1 heterocycles. The van der Waals surface area contributed by atoms with Crippen LogP contribution in [0.2, 0.25) is 0 Å². The van der Waals surface area contributed by atoms with Gasteiger partial charge in [0.05, 0.1) is 18.8 Å². The SMILES string of the molecule is CN(CC(=O)NC1CC1)C(=O)c1cccc(NCc2ccccn2)c1. The van der Waals surface area contributed by atoms with Crippen LogP contribution < -0.4 is 10.6 Å². The maximum atomic E-state index is 12.5. The zero-order valence-electron chi connectivity index (χ0n) is 14.2. The summed E-state index contributed by atoms with van der Waals surface area (Å²) in [7, 11) is 1.64. The van der Waals surface area contributed by atoms with E-state index in [4.69, 9.17) is 0 Å². The Hall–Kier alpha value is -2.89. The molecule has 3 rings (SSSR count). The molecule has 1 aromatic heterocycles. The van der Waals surface area contributed by atoms with Gasteiger partial charge in [-0.25, -0.2) is 0 Å². The first-order valence-corrected chi connectivity index (χ1v) is 8.40. The Labute approximate surface area is 147 Å². The molecule has 0 saturated heterocycles. The van der Waals surface area contributed by atoms with Crippen molar-refractivity contribution in [2.45, 2.75) is 25.4 Å². The van der Waals surface area contributed by atoms with E-state index in [0.717, 1.165) is 24.2 Å². The van der Waals surface area contributed by atoms with Gasteiger partial charge in [-0.2, -0.15) is 0 Å². The van der Waals surface area contributed by atoms with E-state index in [1.54, 1.807) is 25.4 Å². The predicted molar refractivity (Wildman–Crippen MR) is 96.1 cm³/mol. The molecule has 0 unspecified atom stereocenters. The van der Waals surface area contributed by atoms with Crippen LogP contribution in [0.5, 0.6) is 0 Å². The average Bonchev–Trinajstić information content (AvgIpc) is 3.44. The van der Waals surface area contributed by atoms with E-state index >= 15 is 0 Å². The molecule has 130 valence electrons. The topological polar surface area (TPSA) is 74.3 Å². The summed E-state index contributed by atoms with van der Waals surface area (Å²) in [4.78, 5) is 30.1. The standard InChI is InChI=1S/C19H22N4O2/c1-23(13-18(24)22-15-8-9-15)19(25)14-5-4-7-16(11-14)21-12-17-6-2-3-10-20-17/h2-7,10-11,15,21H,8-9,12-13H2,1H3,(H,22,24). The number of nitrogens with zero attached hydrogens (tertiary/aromatic N) is 2. The molecule has 1 fully saturated rings. The van der Waals surface area contributed by atoms with Gasteiger partial charge in [-0.05, 0) is 43.2 Å². The number of carbonyl (C=O) groups is 2. The van der Waals surface area contributed by atoms with Crippen LogP contribution in [-0.2, 0) is 11.3 Å². The van der Waals surface area contributed by atoms with Gasteiger partial charge >= 0.3 is 0 Å². The summed E-state index contributed by atoms with van der Waals surface area (Å²) in [5.41, 5.74) is 2.31. The van der Waals surface area contributed by atoms with Crippen LogP contribution in [0.25, 0.3) is 0 Å². The van der Waals surface area contributed by atoms with Gasteiger partial charge < -0.3 is 15.5 Å². The minimum Gasteiger partial charge on any atom is -0.379 e. The third-order valence-electron chi connectivity index (χ3n) is 3.98. The molecule has 2 aromatic rings. The smallest absolute Gasteiger partial charge is 0.254 e. The van der Waals surface area contributed by atoms with Gasteiger partial charge in [-0.3, -0.25) is 14.6 Å². The molecule has 6 heteroatoms. The summed E-state index contributed by atoms with van der Waals surface area (Å²) in [5.74, 6) is -0.282. The van der Waals surface area contributed by atoms with E-state index in [2.05, 4.69) is 15.6 Å². The quantitative estimate of drug-likeness (QED) is 0.810. The number of hydrogen-bond donors (Lipinski definition) is 2. The lowest BCUT2D eigenvalue weighted by Gasteiger charge is -2.17. The summed E-state index contributed by atoms with van der Waals surface area (Å²) in [5, 5.41) is 6.15. The molecule has 1 saturated carbocycles. The zero-order chi connectivity index (χ0) is 17.6. The van der Waals surface area contributed by atoms with Crippen molar-refractivity contribution in [2.24, 2.45) is 0 Å². The van der Waals surface area contributed by atoms with E-state index in [0.29, 0.717) is 18.2 Å². The molecule has 2 N–H and O–H groups in total. The average molecular weight is 338 g/mol. The number of hydrogen-bond acceptors (Lipinski definition) is 4. The highest BCUT2D eigenvalue weighted by molar-refractivity contribution is 5.97. The van der Waals surface area contributed by atoms with Crippen molar-refractivity contribution in [2.75, 3.05) is 18.9 Å². The van der Waals surface area contributed by atoms with Crippen molar-refractivity contribution < 1.29 is 9.59 Å². The lowest BCUT2D eigenvalue weighted by Crippen LogP contribution is -2.39. The van der Waals surface area contributed by atoms with Crippen LogP contribution in [0.15, 0.2) is 48.7 Å². The van der Waals surface area contributed by atoms with Crippen LogP contribution in [0, 0.1) is 0 Å². The van der Waals surface area contributed by atoms with Crippen LogP contribution in [0.4, 0.5) is 5.69 Å². The monoisotopic (exact) mass is 338 g/mol. The third-order valence-corrected chi connectivity index (χ3v) is 3.98. The first kappa shape index (κ1) is 17.0. The number of pyridine rings is 1. The number of rotatable bonds is 7. The third kappa shape index (κ3) is 5.04. The van der Waals surface area contributed by atoms with E-state index in [1.807, 2.05) is 30.3 Å². The molecule has 6 nitrogen and oxygen atoms in total. The van der Waals surface area contributed by atoms with Crippen molar-refractivity contribution in [1.82, 2.24) is 15.2 Å². The summed E-state index contributed by atoms with van der Waals surface area (Å²) in [6.07, 6.45) is 3.82. The second-order valence-electron chi connectivity index (χ2n) is 6.26. The van der Waals surface area contributed by atoms with Crippen molar-refractivity contribution in [3.63, 3.8) is 0 Å². The molecule has 1 aliphatic rings. The Morgan fingerprint density at radius 1 is 1.20 bits per heavy atom. The van der Waals surface area contributed by atoms with Crippen LogP contribution in [0.3, 0.4) is 0 Å². The fourth-order valence-corrected chi connectivity index (χ4v) is 2.47. The number of aromatic nitrogens is 1. The molecule has 0 atom stereocenters. The van der Waals surface area contributed by atoms with Gasteiger partial charge in [-0.1, -0.05) is 12.1 Å². The van der Waals surface area contributed by atoms with Gasteiger partial charge in [0, 0.05) is 30.5 Å². The molecule has 1 aliphatic carbocycles. The number of anilines is 1. The molecule has 0 bridgehead atoms. The lowest BCUT2D eigenvalue weighted by atomic mass is 10.1. The lowest BCUT2D eigenvalue weighted by molar-refractivity contribution is -0.121. The zero-order valence-corrected chi connectivity index (χ0v) is 14.2. The molecular weight excluding hydrogens is 316 g/mol. The second-order valence-corrected chi connectivity index (χ2v) is 6.26. The minimum atomic E-state index is -0.174. The molecule has 0 radical (unpaired) electrons. The van der Waals surface area contributed by atoms with Gasteiger partial charge in [0.2, 0.25) is 5.91 Å². The molecule has 25 heavy (non-hydrogen) atoms. The van der Waals surface area contributed by atoms with E-state index in [1.165, 1.54) is 4.90 Å². The molecular formula is C19H22N4O2. The Morgan fingerprint density at radius 2 is 2.04 bits per heavy atom. The summed E-state index contributed by atoms with van der Waals surface area (Å²) >= 11 is 0. The molecule has 0 aliphatic heterocycles. The van der Waals surface area contributed by atoms with E-state index < -0.39 is 0 Å². The second kappa shape index (κ2) is 7.79. The predicted octanol–water partition coefficient (Wildman–Crippen LogP) is 2.04. The van der Waals surface area contributed by atoms with Crippen molar-refractivity contribution in [1.29, 1.82) is 0 Å². The van der Waals surface area contributed by atoms with Gasteiger partial charge in [0.25, 0.3) is 5.91 Å². The number of carbonyl (C=O) groups excluding carboxylic acids is 2. The van der Waals surface area contributed by atoms with Crippen molar-refractivity contribution >= 4 is 17.5 Å². The van der Waals surface area contributed by atoms with Gasteiger partial charge in [0.1, 0.15) is 0 Å².